The molecule has 2 nitrogen and oxygen atoms in total. The molecule has 0 radical (unpaired) electrons. The van der Waals surface area contributed by atoms with Crippen molar-refractivity contribution >= 4 is 0 Å². The SMILES string of the molecule is CCCC(CC)C(CC)COC(O)CC. The first-order valence-electron chi connectivity index (χ1n) is 6.49. The van der Waals surface area contributed by atoms with Crippen LogP contribution in [0, 0.1) is 11.8 Å². The Morgan fingerprint density at radius 3 is 1.93 bits per heavy atom. The Morgan fingerprint density at radius 1 is 0.933 bits per heavy atom. The Kier molecular flexibility index (Phi) is 9.12. The second-order valence-corrected chi connectivity index (χ2v) is 4.32. The van der Waals surface area contributed by atoms with E-state index in [1.165, 1.54) is 19.3 Å². The van der Waals surface area contributed by atoms with Crippen molar-refractivity contribution in [3.63, 3.8) is 0 Å². The molecule has 0 aliphatic heterocycles. The van der Waals surface area contributed by atoms with E-state index in [4.69, 9.17) is 4.74 Å². The maximum atomic E-state index is 9.36. The Hall–Kier alpha value is -0.0800. The van der Waals surface area contributed by atoms with Gasteiger partial charge in [0.1, 0.15) is 0 Å². The van der Waals surface area contributed by atoms with Crippen molar-refractivity contribution < 1.29 is 9.84 Å². The van der Waals surface area contributed by atoms with E-state index in [0.717, 1.165) is 12.3 Å². The summed E-state index contributed by atoms with van der Waals surface area (Å²) < 4.78 is 5.43. The molecule has 3 unspecified atom stereocenters. The van der Waals surface area contributed by atoms with Gasteiger partial charge in [-0.3, -0.25) is 0 Å². The molecule has 92 valence electrons. The third-order valence-corrected chi connectivity index (χ3v) is 3.23. The zero-order chi connectivity index (χ0) is 11.7. The van der Waals surface area contributed by atoms with Gasteiger partial charge in [-0.15, -0.1) is 0 Å². The van der Waals surface area contributed by atoms with Gasteiger partial charge in [0.2, 0.25) is 0 Å². The molecule has 3 atom stereocenters. The minimum absolute atomic E-state index is 0.571. The molecular formula is C13H28O2. The predicted octanol–water partition coefficient (Wildman–Crippen LogP) is 3.58. The van der Waals surface area contributed by atoms with Crippen molar-refractivity contribution in [3.05, 3.63) is 0 Å². The smallest absolute Gasteiger partial charge is 0.154 e. The molecule has 0 bridgehead atoms. The molecule has 0 amide bonds. The van der Waals surface area contributed by atoms with E-state index in [1.54, 1.807) is 0 Å². The van der Waals surface area contributed by atoms with E-state index in [2.05, 4.69) is 20.8 Å². The van der Waals surface area contributed by atoms with Crippen LogP contribution in [-0.4, -0.2) is 18.0 Å². The molecule has 0 heterocycles. The van der Waals surface area contributed by atoms with E-state index >= 15 is 0 Å². The molecule has 15 heavy (non-hydrogen) atoms. The summed E-state index contributed by atoms with van der Waals surface area (Å²) in [6.45, 7) is 9.35. The molecule has 0 aliphatic carbocycles. The number of hydrogen-bond donors (Lipinski definition) is 1. The molecule has 0 aromatic heterocycles. The Morgan fingerprint density at radius 2 is 1.53 bits per heavy atom. The first kappa shape index (κ1) is 14.9. The average Bonchev–Trinajstić information content (AvgIpc) is 2.27. The van der Waals surface area contributed by atoms with E-state index in [-0.39, 0.29) is 0 Å². The summed E-state index contributed by atoms with van der Waals surface area (Å²) in [5.41, 5.74) is 0. The highest BCUT2D eigenvalue weighted by atomic mass is 16.6. The summed E-state index contributed by atoms with van der Waals surface area (Å²) in [4.78, 5) is 0. The van der Waals surface area contributed by atoms with Crippen LogP contribution in [0.25, 0.3) is 0 Å². The monoisotopic (exact) mass is 216 g/mol. The highest BCUT2D eigenvalue weighted by Gasteiger charge is 2.18. The third-order valence-electron chi connectivity index (χ3n) is 3.23. The fraction of sp³-hybridized carbons (Fsp3) is 1.00. The largest absolute Gasteiger partial charge is 0.368 e. The fourth-order valence-corrected chi connectivity index (χ4v) is 2.08. The molecule has 0 saturated heterocycles. The van der Waals surface area contributed by atoms with Crippen LogP contribution in [-0.2, 0) is 4.74 Å². The predicted molar refractivity (Wildman–Crippen MR) is 64.7 cm³/mol. The Bertz CT molecular complexity index is 136. The maximum Gasteiger partial charge on any atom is 0.154 e. The van der Waals surface area contributed by atoms with Crippen LogP contribution in [0.5, 0.6) is 0 Å². The zero-order valence-corrected chi connectivity index (χ0v) is 10.8. The topological polar surface area (TPSA) is 29.5 Å². The first-order chi connectivity index (χ1) is 7.19. The van der Waals surface area contributed by atoms with Crippen LogP contribution in [0.1, 0.15) is 59.8 Å². The third kappa shape index (κ3) is 6.16. The minimum Gasteiger partial charge on any atom is -0.368 e. The van der Waals surface area contributed by atoms with E-state index in [9.17, 15) is 5.11 Å². The summed E-state index contributed by atoms with van der Waals surface area (Å²) >= 11 is 0. The highest BCUT2D eigenvalue weighted by molar-refractivity contribution is 4.67. The van der Waals surface area contributed by atoms with Crippen molar-refractivity contribution in [3.8, 4) is 0 Å². The Balaban J connectivity index is 3.97. The summed E-state index contributed by atoms with van der Waals surface area (Å²) in [5.74, 6) is 1.36. The van der Waals surface area contributed by atoms with Crippen LogP contribution in [0.15, 0.2) is 0 Å². The van der Waals surface area contributed by atoms with E-state index in [1.807, 2.05) is 6.92 Å². The number of ether oxygens (including phenoxy) is 1. The van der Waals surface area contributed by atoms with Crippen molar-refractivity contribution in [2.75, 3.05) is 6.61 Å². The molecule has 0 spiro atoms. The van der Waals surface area contributed by atoms with Gasteiger partial charge in [-0.1, -0.05) is 53.4 Å². The van der Waals surface area contributed by atoms with Gasteiger partial charge in [0.25, 0.3) is 0 Å². The van der Waals surface area contributed by atoms with Crippen molar-refractivity contribution in [2.45, 2.75) is 66.1 Å². The van der Waals surface area contributed by atoms with Gasteiger partial charge >= 0.3 is 0 Å². The molecule has 0 aromatic carbocycles. The van der Waals surface area contributed by atoms with Gasteiger partial charge in [0, 0.05) is 0 Å². The highest BCUT2D eigenvalue weighted by Crippen LogP contribution is 2.24. The Labute approximate surface area is 95.0 Å². The molecule has 0 aromatic rings. The van der Waals surface area contributed by atoms with Crippen molar-refractivity contribution in [1.82, 2.24) is 0 Å². The summed E-state index contributed by atoms with van der Waals surface area (Å²) in [7, 11) is 0. The molecule has 1 N–H and O–H groups in total. The van der Waals surface area contributed by atoms with E-state index in [0.29, 0.717) is 18.9 Å². The quantitative estimate of drug-likeness (QED) is 0.597. The second kappa shape index (κ2) is 9.17. The lowest BCUT2D eigenvalue weighted by molar-refractivity contribution is -0.116. The van der Waals surface area contributed by atoms with Gasteiger partial charge in [-0.2, -0.15) is 0 Å². The minimum atomic E-state index is -0.571. The lowest BCUT2D eigenvalue weighted by Gasteiger charge is -2.25. The molecule has 0 saturated carbocycles. The molecule has 0 aliphatic rings. The summed E-state index contributed by atoms with van der Waals surface area (Å²) in [5, 5.41) is 9.36. The van der Waals surface area contributed by atoms with Gasteiger partial charge < -0.3 is 9.84 Å². The van der Waals surface area contributed by atoms with Crippen LogP contribution in [0.3, 0.4) is 0 Å². The van der Waals surface area contributed by atoms with Crippen LogP contribution in [0.4, 0.5) is 0 Å². The normalized spacial score (nSPS) is 17.4. The average molecular weight is 216 g/mol. The zero-order valence-electron chi connectivity index (χ0n) is 10.8. The maximum absolute atomic E-state index is 9.36. The van der Waals surface area contributed by atoms with Crippen molar-refractivity contribution in [1.29, 1.82) is 0 Å². The van der Waals surface area contributed by atoms with Gasteiger partial charge in [0.15, 0.2) is 6.29 Å². The first-order valence-corrected chi connectivity index (χ1v) is 6.49. The second-order valence-electron chi connectivity index (χ2n) is 4.32. The fourth-order valence-electron chi connectivity index (χ4n) is 2.08. The molecule has 0 fully saturated rings. The number of rotatable bonds is 9. The van der Waals surface area contributed by atoms with Gasteiger partial charge in [-0.25, -0.2) is 0 Å². The number of hydrogen-bond acceptors (Lipinski definition) is 2. The van der Waals surface area contributed by atoms with Gasteiger partial charge in [-0.05, 0) is 18.3 Å². The summed E-state index contributed by atoms with van der Waals surface area (Å²) in [6.07, 6.45) is 5.00. The molecular weight excluding hydrogens is 188 g/mol. The number of aliphatic hydroxyl groups is 1. The molecule has 2 heteroatoms. The van der Waals surface area contributed by atoms with Gasteiger partial charge in [0.05, 0.1) is 6.61 Å². The van der Waals surface area contributed by atoms with Crippen LogP contribution < -0.4 is 0 Å². The standard InChI is InChI=1S/C13H28O2/c1-5-9-11(6-2)12(7-3)10-15-13(14)8-4/h11-14H,5-10H2,1-4H3. The van der Waals surface area contributed by atoms with Crippen LogP contribution >= 0.6 is 0 Å². The lowest BCUT2D eigenvalue weighted by Crippen LogP contribution is -2.23. The summed E-state index contributed by atoms with van der Waals surface area (Å²) in [6, 6.07) is 0. The molecule has 0 rings (SSSR count). The van der Waals surface area contributed by atoms with Crippen LogP contribution in [0.2, 0.25) is 0 Å². The lowest BCUT2D eigenvalue weighted by atomic mass is 9.85. The van der Waals surface area contributed by atoms with E-state index < -0.39 is 6.29 Å². The van der Waals surface area contributed by atoms with Crippen molar-refractivity contribution in [2.24, 2.45) is 11.8 Å². The number of aliphatic hydroxyl groups excluding tert-OH is 1.